The lowest BCUT2D eigenvalue weighted by atomic mass is 10.1. The summed E-state index contributed by atoms with van der Waals surface area (Å²) in [5.41, 5.74) is 2.39. The van der Waals surface area contributed by atoms with Crippen LogP contribution >= 0.6 is 0 Å². The predicted octanol–water partition coefficient (Wildman–Crippen LogP) is 2.56. The molecular formula is C23H31N3O2. The summed E-state index contributed by atoms with van der Waals surface area (Å²) in [6.07, 6.45) is 1.41. The molecule has 28 heavy (non-hydrogen) atoms. The monoisotopic (exact) mass is 381 g/mol. The van der Waals surface area contributed by atoms with E-state index in [1.807, 2.05) is 24.3 Å². The van der Waals surface area contributed by atoms with Gasteiger partial charge in [0.15, 0.2) is 0 Å². The molecule has 1 amide bonds. The first-order valence-electron chi connectivity index (χ1n) is 10.1. The van der Waals surface area contributed by atoms with Crippen LogP contribution in [-0.2, 0) is 17.8 Å². The van der Waals surface area contributed by atoms with E-state index < -0.39 is 0 Å². The Morgan fingerprint density at radius 2 is 1.61 bits per heavy atom. The Balaban J connectivity index is 1.27. The largest absolute Gasteiger partial charge is 0.497 e. The van der Waals surface area contributed by atoms with Crippen molar-refractivity contribution >= 4 is 5.91 Å². The Labute approximate surface area is 168 Å². The van der Waals surface area contributed by atoms with Gasteiger partial charge in [0.25, 0.3) is 0 Å². The third-order valence-electron chi connectivity index (χ3n) is 5.21. The molecule has 150 valence electrons. The number of carbonyl (C=O) groups excluding carboxylic acids is 1. The van der Waals surface area contributed by atoms with Gasteiger partial charge in [-0.15, -0.1) is 0 Å². The highest BCUT2D eigenvalue weighted by Gasteiger charge is 2.16. The normalized spacial score (nSPS) is 15.3. The van der Waals surface area contributed by atoms with Crippen LogP contribution < -0.4 is 10.1 Å². The molecule has 1 fully saturated rings. The molecule has 1 N–H and O–H groups in total. The minimum absolute atomic E-state index is 0.0813. The van der Waals surface area contributed by atoms with E-state index in [1.165, 1.54) is 5.56 Å². The lowest BCUT2D eigenvalue weighted by Gasteiger charge is -2.34. The number of hydrogen-bond acceptors (Lipinski definition) is 4. The minimum atomic E-state index is 0.0813. The zero-order valence-electron chi connectivity index (χ0n) is 16.8. The SMILES string of the molecule is COc1ccc(CC(=O)NCCCN2CCN(Cc3ccccc3)CC2)cc1. The second kappa shape index (κ2) is 10.8. The van der Waals surface area contributed by atoms with E-state index in [1.54, 1.807) is 7.11 Å². The van der Waals surface area contributed by atoms with Gasteiger partial charge >= 0.3 is 0 Å². The molecule has 5 heteroatoms. The molecule has 1 aliphatic heterocycles. The standard InChI is InChI=1S/C23H31N3O2/c1-28-22-10-8-20(9-11-22)18-23(27)24-12-5-13-25-14-16-26(17-15-25)19-21-6-3-2-4-7-21/h2-4,6-11H,5,12-19H2,1H3,(H,24,27). The summed E-state index contributed by atoms with van der Waals surface area (Å²) in [6, 6.07) is 18.3. The molecule has 2 aromatic rings. The summed E-state index contributed by atoms with van der Waals surface area (Å²) in [6.45, 7) is 7.24. The molecule has 1 saturated heterocycles. The third kappa shape index (κ3) is 6.66. The number of rotatable bonds is 9. The molecular weight excluding hydrogens is 350 g/mol. The number of carbonyl (C=O) groups is 1. The topological polar surface area (TPSA) is 44.8 Å². The van der Waals surface area contributed by atoms with Gasteiger partial charge in [-0.3, -0.25) is 9.69 Å². The molecule has 0 saturated carbocycles. The van der Waals surface area contributed by atoms with Gasteiger partial charge in [-0.25, -0.2) is 0 Å². The van der Waals surface area contributed by atoms with Gasteiger partial charge in [0.2, 0.25) is 5.91 Å². The molecule has 1 aliphatic rings. The van der Waals surface area contributed by atoms with Crippen LogP contribution in [0.4, 0.5) is 0 Å². The van der Waals surface area contributed by atoms with Crippen LogP contribution in [-0.4, -0.2) is 62.1 Å². The average Bonchev–Trinajstić information content (AvgIpc) is 2.74. The number of amides is 1. The quantitative estimate of drug-likeness (QED) is 0.678. The number of nitrogens with one attached hydrogen (secondary N) is 1. The Hall–Kier alpha value is -2.37. The highest BCUT2D eigenvalue weighted by molar-refractivity contribution is 5.78. The maximum atomic E-state index is 12.1. The van der Waals surface area contributed by atoms with E-state index in [0.29, 0.717) is 6.42 Å². The number of benzene rings is 2. The Bertz CT molecular complexity index is 710. The van der Waals surface area contributed by atoms with Crippen molar-refractivity contribution in [2.75, 3.05) is 46.4 Å². The number of methoxy groups -OCH3 is 1. The average molecular weight is 382 g/mol. The fraction of sp³-hybridized carbons (Fsp3) is 0.435. The summed E-state index contributed by atoms with van der Waals surface area (Å²) in [4.78, 5) is 17.1. The summed E-state index contributed by atoms with van der Waals surface area (Å²) in [5, 5.41) is 3.03. The second-order valence-electron chi connectivity index (χ2n) is 7.33. The van der Waals surface area contributed by atoms with Gasteiger partial charge in [-0.2, -0.15) is 0 Å². The van der Waals surface area contributed by atoms with E-state index >= 15 is 0 Å². The van der Waals surface area contributed by atoms with Crippen LogP contribution in [0.25, 0.3) is 0 Å². The number of hydrogen-bond donors (Lipinski definition) is 1. The van der Waals surface area contributed by atoms with Crippen molar-refractivity contribution in [3.8, 4) is 5.75 Å². The zero-order chi connectivity index (χ0) is 19.6. The predicted molar refractivity (Wildman–Crippen MR) is 112 cm³/mol. The van der Waals surface area contributed by atoms with Crippen molar-refractivity contribution in [3.05, 3.63) is 65.7 Å². The van der Waals surface area contributed by atoms with Gasteiger partial charge in [0.1, 0.15) is 5.75 Å². The van der Waals surface area contributed by atoms with Crippen LogP contribution in [0.1, 0.15) is 17.5 Å². The lowest BCUT2D eigenvalue weighted by molar-refractivity contribution is -0.120. The van der Waals surface area contributed by atoms with E-state index in [-0.39, 0.29) is 5.91 Å². The van der Waals surface area contributed by atoms with Gasteiger partial charge in [-0.1, -0.05) is 42.5 Å². The van der Waals surface area contributed by atoms with Gasteiger partial charge in [-0.05, 0) is 36.2 Å². The fourth-order valence-electron chi connectivity index (χ4n) is 3.53. The maximum Gasteiger partial charge on any atom is 0.224 e. The van der Waals surface area contributed by atoms with E-state index in [9.17, 15) is 4.79 Å². The summed E-state index contributed by atoms with van der Waals surface area (Å²) >= 11 is 0. The summed E-state index contributed by atoms with van der Waals surface area (Å²) in [7, 11) is 1.64. The third-order valence-corrected chi connectivity index (χ3v) is 5.21. The molecule has 0 radical (unpaired) electrons. The van der Waals surface area contributed by atoms with Crippen LogP contribution in [0, 0.1) is 0 Å². The first kappa shape index (κ1) is 20.4. The lowest BCUT2D eigenvalue weighted by Crippen LogP contribution is -2.46. The second-order valence-corrected chi connectivity index (χ2v) is 7.33. The summed E-state index contributed by atoms with van der Waals surface area (Å²) < 4.78 is 5.14. The smallest absolute Gasteiger partial charge is 0.224 e. The van der Waals surface area contributed by atoms with Crippen LogP contribution in [0.5, 0.6) is 5.75 Å². The molecule has 0 spiro atoms. The Morgan fingerprint density at radius 3 is 2.29 bits per heavy atom. The molecule has 0 aliphatic carbocycles. The first-order valence-corrected chi connectivity index (χ1v) is 10.1. The summed E-state index contributed by atoms with van der Waals surface area (Å²) in [5.74, 6) is 0.894. The molecule has 1 heterocycles. The number of piperazine rings is 1. The fourth-order valence-corrected chi connectivity index (χ4v) is 3.53. The van der Waals surface area contributed by atoms with Crippen molar-refractivity contribution in [3.63, 3.8) is 0 Å². The van der Waals surface area contributed by atoms with Crippen LogP contribution in [0.15, 0.2) is 54.6 Å². The molecule has 0 aromatic heterocycles. The highest BCUT2D eigenvalue weighted by atomic mass is 16.5. The molecule has 0 unspecified atom stereocenters. The van der Waals surface area contributed by atoms with E-state index in [2.05, 4.69) is 45.4 Å². The molecule has 2 aromatic carbocycles. The van der Waals surface area contributed by atoms with Crippen LogP contribution in [0.3, 0.4) is 0 Å². The number of ether oxygens (including phenoxy) is 1. The molecule has 0 atom stereocenters. The number of nitrogens with zero attached hydrogens (tertiary/aromatic N) is 2. The first-order chi connectivity index (χ1) is 13.7. The van der Waals surface area contributed by atoms with Crippen molar-refractivity contribution in [1.82, 2.24) is 15.1 Å². The van der Waals surface area contributed by atoms with Gasteiger partial charge < -0.3 is 15.0 Å². The Kier molecular flexibility index (Phi) is 7.88. The van der Waals surface area contributed by atoms with Crippen molar-refractivity contribution in [1.29, 1.82) is 0 Å². The maximum absolute atomic E-state index is 12.1. The highest BCUT2D eigenvalue weighted by Crippen LogP contribution is 2.12. The minimum Gasteiger partial charge on any atom is -0.497 e. The molecule has 5 nitrogen and oxygen atoms in total. The Morgan fingerprint density at radius 1 is 0.929 bits per heavy atom. The molecule has 0 bridgehead atoms. The van der Waals surface area contributed by atoms with Crippen LogP contribution in [0.2, 0.25) is 0 Å². The van der Waals surface area contributed by atoms with Gasteiger partial charge in [0, 0.05) is 39.3 Å². The zero-order valence-corrected chi connectivity index (χ0v) is 16.8. The van der Waals surface area contributed by atoms with Crippen molar-refractivity contribution < 1.29 is 9.53 Å². The van der Waals surface area contributed by atoms with Crippen molar-refractivity contribution in [2.24, 2.45) is 0 Å². The van der Waals surface area contributed by atoms with E-state index in [4.69, 9.17) is 4.74 Å². The van der Waals surface area contributed by atoms with Crippen molar-refractivity contribution in [2.45, 2.75) is 19.4 Å². The molecule has 3 rings (SSSR count). The van der Waals surface area contributed by atoms with E-state index in [0.717, 1.165) is 63.5 Å². The van der Waals surface area contributed by atoms with Gasteiger partial charge in [0.05, 0.1) is 13.5 Å².